The number of carbonyl (C=O) groups is 1. The fourth-order valence-corrected chi connectivity index (χ4v) is 4.93. The molecular formula is C21H24N2OS. The highest BCUT2D eigenvalue weighted by atomic mass is 32.2. The number of hydrogen-bond acceptors (Lipinski definition) is 3. The topological polar surface area (TPSA) is 32.3 Å². The Labute approximate surface area is 153 Å². The smallest absolute Gasteiger partial charge is 0.233 e. The van der Waals surface area contributed by atoms with E-state index in [0.717, 1.165) is 25.9 Å². The van der Waals surface area contributed by atoms with Crippen LogP contribution in [0.15, 0.2) is 53.4 Å². The van der Waals surface area contributed by atoms with Crippen LogP contribution in [0.2, 0.25) is 0 Å². The van der Waals surface area contributed by atoms with Gasteiger partial charge in [0.2, 0.25) is 5.91 Å². The van der Waals surface area contributed by atoms with Crippen molar-refractivity contribution in [2.24, 2.45) is 0 Å². The normalized spacial score (nSPS) is 20.6. The summed E-state index contributed by atoms with van der Waals surface area (Å²) in [5.41, 5.74) is 4.19. The van der Waals surface area contributed by atoms with Crippen LogP contribution < -0.4 is 5.32 Å². The van der Waals surface area contributed by atoms with Crippen molar-refractivity contribution in [2.75, 3.05) is 13.1 Å². The Morgan fingerprint density at radius 3 is 2.68 bits per heavy atom. The second kappa shape index (κ2) is 7.22. The first kappa shape index (κ1) is 16.7. The minimum Gasteiger partial charge on any atom is -0.354 e. The number of nitrogens with one attached hydrogen (secondary N) is 1. The number of amides is 1. The molecule has 2 atom stereocenters. The summed E-state index contributed by atoms with van der Waals surface area (Å²) in [5.74, 6) is 0.172. The maximum Gasteiger partial charge on any atom is 0.233 e. The summed E-state index contributed by atoms with van der Waals surface area (Å²) in [6.07, 6.45) is 1.94. The maximum atomic E-state index is 12.5. The van der Waals surface area contributed by atoms with E-state index in [1.807, 2.05) is 6.07 Å². The van der Waals surface area contributed by atoms with Gasteiger partial charge in [0.05, 0.1) is 5.25 Å². The van der Waals surface area contributed by atoms with Gasteiger partial charge in [-0.05, 0) is 42.5 Å². The van der Waals surface area contributed by atoms with Gasteiger partial charge in [-0.3, -0.25) is 9.69 Å². The summed E-state index contributed by atoms with van der Waals surface area (Å²) < 4.78 is 0. The van der Waals surface area contributed by atoms with Crippen LogP contribution in [0.4, 0.5) is 0 Å². The summed E-state index contributed by atoms with van der Waals surface area (Å²) in [7, 11) is 0. The largest absolute Gasteiger partial charge is 0.354 e. The number of rotatable bonds is 4. The van der Waals surface area contributed by atoms with Crippen molar-refractivity contribution < 1.29 is 4.79 Å². The molecule has 0 aromatic heterocycles. The Bertz CT molecular complexity index is 751. The second-order valence-electron chi connectivity index (χ2n) is 7.00. The molecule has 4 rings (SSSR count). The highest BCUT2D eigenvalue weighted by molar-refractivity contribution is 8.01. The highest BCUT2D eigenvalue weighted by Gasteiger charge is 2.28. The van der Waals surface area contributed by atoms with E-state index in [1.165, 1.54) is 21.6 Å². The number of thioether (sulfide) groups is 1. The molecule has 2 aliphatic heterocycles. The van der Waals surface area contributed by atoms with Crippen LogP contribution in [0.1, 0.15) is 23.6 Å². The minimum absolute atomic E-state index is 0.0201. The minimum atomic E-state index is 0.0201. The summed E-state index contributed by atoms with van der Waals surface area (Å²) in [6.45, 7) is 4.98. The fourth-order valence-electron chi connectivity index (χ4n) is 3.71. The Kier molecular flexibility index (Phi) is 4.82. The first-order valence-corrected chi connectivity index (χ1v) is 9.92. The fraction of sp³-hybridized carbons (Fsp3) is 0.381. The molecule has 0 bridgehead atoms. The zero-order valence-corrected chi connectivity index (χ0v) is 15.4. The van der Waals surface area contributed by atoms with Gasteiger partial charge in [0.15, 0.2) is 0 Å². The average molecular weight is 353 g/mol. The average Bonchev–Trinajstić information content (AvgIpc) is 3.09. The molecule has 0 aliphatic carbocycles. The summed E-state index contributed by atoms with van der Waals surface area (Å²) in [5, 5.41) is 3.20. The van der Waals surface area contributed by atoms with Crippen molar-refractivity contribution in [3.8, 4) is 0 Å². The molecule has 25 heavy (non-hydrogen) atoms. The van der Waals surface area contributed by atoms with Crippen molar-refractivity contribution in [1.82, 2.24) is 10.2 Å². The zero-order chi connectivity index (χ0) is 17.2. The maximum absolute atomic E-state index is 12.5. The van der Waals surface area contributed by atoms with E-state index in [0.29, 0.717) is 12.6 Å². The Hall–Kier alpha value is -1.78. The Morgan fingerprint density at radius 2 is 1.88 bits per heavy atom. The molecule has 2 aromatic rings. The van der Waals surface area contributed by atoms with Crippen LogP contribution in [0.25, 0.3) is 0 Å². The summed E-state index contributed by atoms with van der Waals surface area (Å²) >= 11 is 1.70. The van der Waals surface area contributed by atoms with Gasteiger partial charge in [-0.15, -0.1) is 11.8 Å². The standard InChI is InChI=1S/C21H24N2OS/c1-15(23-11-10-16-6-2-3-8-18(16)14-23)13-22-21(24)20-12-17-7-4-5-9-19(17)25-20/h2-9,15,20H,10-14H2,1H3,(H,22,24). The van der Waals surface area contributed by atoms with Crippen LogP contribution in [-0.4, -0.2) is 35.2 Å². The van der Waals surface area contributed by atoms with E-state index < -0.39 is 0 Å². The number of carbonyl (C=O) groups excluding carboxylic acids is 1. The molecule has 0 fully saturated rings. The molecular weight excluding hydrogens is 328 g/mol. The molecule has 2 unspecified atom stereocenters. The molecule has 0 spiro atoms. The van der Waals surface area contributed by atoms with Gasteiger partial charge in [-0.1, -0.05) is 42.5 Å². The van der Waals surface area contributed by atoms with E-state index in [2.05, 4.69) is 59.6 Å². The highest BCUT2D eigenvalue weighted by Crippen LogP contribution is 2.36. The lowest BCUT2D eigenvalue weighted by molar-refractivity contribution is -0.120. The van der Waals surface area contributed by atoms with Crippen molar-refractivity contribution in [1.29, 1.82) is 0 Å². The van der Waals surface area contributed by atoms with Gasteiger partial charge in [0.25, 0.3) is 0 Å². The van der Waals surface area contributed by atoms with Crippen molar-refractivity contribution >= 4 is 17.7 Å². The summed E-state index contributed by atoms with van der Waals surface area (Å²) in [6, 6.07) is 17.4. The van der Waals surface area contributed by atoms with Gasteiger partial charge in [0, 0.05) is 30.6 Å². The van der Waals surface area contributed by atoms with E-state index in [4.69, 9.17) is 0 Å². The molecule has 2 aromatic carbocycles. The monoisotopic (exact) mass is 352 g/mol. The van der Waals surface area contributed by atoms with Crippen LogP contribution in [0.5, 0.6) is 0 Å². The molecule has 0 radical (unpaired) electrons. The van der Waals surface area contributed by atoms with Gasteiger partial charge < -0.3 is 5.32 Å². The molecule has 0 saturated heterocycles. The van der Waals surface area contributed by atoms with E-state index >= 15 is 0 Å². The zero-order valence-electron chi connectivity index (χ0n) is 14.6. The lowest BCUT2D eigenvalue weighted by Crippen LogP contribution is -2.46. The molecule has 2 heterocycles. The molecule has 2 aliphatic rings. The molecule has 3 nitrogen and oxygen atoms in total. The van der Waals surface area contributed by atoms with Gasteiger partial charge in [-0.25, -0.2) is 0 Å². The predicted molar refractivity (Wildman–Crippen MR) is 103 cm³/mol. The molecule has 130 valence electrons. The Balaban J connectivity index is 1.29. The predicted octanol–water partition coefficient (Wildman–Crippen LogP) is 3.27. The van der Waals surface area contributed by atoms with Gasteiger partial charge in [-0.2, -0.15) is 0 Å². The number of nitrogens with zero attached hydrogens (tertiary/aromatic N) is 1. The van der Waals surface area contributed by atoms with Crippen LogP contribution in [-0.2, 0) is 24.2 Å². The molecule has 4 heteroatoms. The van der Waals surface area contributed by atoms with Crippen LogP contribution >= 0.6 is 11.8 Å². The van der Waals surface area contributed by atoms with Crippen LogP contribution in [0.3, 0.4) is 0 Å². The number of hydrogen-bond donors (Lipinski definition) is 1. The van der Waals surface area contributed by atoms with Crippen molar-refractivity contribution in [2.45, 2.75) is 42.5 Å². The molecule has 1 N–H and O–H groups in total. The number of benzene rings is 2. The Morgan fingerprint density at radius 1 is 1.16 bits per heavy atom. The lowest BCUT2D eigenvalue weighted by Gasteiger charge is -2.34. The quantitative estimate of drug-likeness (QED) is 0.917. The van der Waals surface area contributed by atoms with E-state index in [1.54, 1.807) is 11.8 Å². The van der Waals surface area contributed by atoms with Gasteiger partial charge >= 0.3 is 0 Å². The van der Waals surface area contributed by atoms with Gasteiger partial charge in [0.1, 0.15) is 0 Å². The third kappa shape index (κ3) is 3.60. The number of fused-ring (bicyclic) bond motifs is 2. The van der Waals surface area contributed by atoms with E-state index in [9.17, 15) is 4.79 Å². The van der Waals surface area contributed by atoms with Crippen molar-refractivity contribution in [3.63, 3.8) is 0 Å². The lowest BCUT2D eigenvalue weighted by atomic mass is 9.99. The first-order valence-electron chi connectivity index (χ1n) is 9.04. The SMILES string of the molecule is CC(CNC(=O)C1Cc2ccccc2S1)N1CCc2ccccc2C1. The van der Waals surface area contributed by atoms with E-state index in [-0.39, 0.29) is 11.2 Å². The molecule has 0 saturated carbocycles. The van der Waals surface area contributed by atoms with Crippen molar-refractivity contribution in [3.05, 3.63) is 65.2 Å². The molecule has 1 amide bonds. The summed E-state index contributed by atoms with van der Waals surface area (Å²) in [4.78, 5) is 16.3. The first-order chi connectivity index (χ1) is 12.2. The third-order valence-corrected chi connectivity index (χ3v) is 6.61. The second-order valence-corrected chi connectivity index (χ2v) is 8.25. The van der Waals surface area contributed by atoms with Crippen LogP contribution in [0, 0.1) is 0 Å². The third-order valence-electron chi connectivity index (χ3n) is 5.29.